The Morgan fingerprint density at radius 3 is 2.58 bits per heavy atom. The van der Waals surface area contributed by atoms with Gasteiger partial charge in [-0.2, -0.15) is 18.2 Å². The Hall–Kier alpha value is -3.63. The van der Waals surface area contributed by atoms with E-state index in [0.29, 0.717) is 16.8 Å². The van der Waals surface area contributed by atoms with Gasteiger partial charge in [0.05, 0.1) is 33.5 Å². The normalized spacial score (nSPS) is 11.5. The molecule has 31 heavy (non-hydrogen) atoms. The van der Waals surface area contributed by atoms with Crippen LogP contribution in [0.15, 0.2) is 67.3 Å². The molecule has 2 aromatic heterocycles. The molecule has 0 radical (unpaired) electrons. The van der Waals surface area contributed by atoms with E-state index in [4.69, 9.17) is 11.6 Å². The van der Waals surface area contributed by atoms with E-state index in [9.17, 15) is 23.2 Å². The first-order valence-electron chi connectivity index (χ1n) is 8.78. The average Bonchev–Trinajstić information content (AvgIpc) is 3.18. The smallest absolute Gasteiger partial charge is 0.306 e. The van der Waals surface area contributed by atoms with Gasteiger partial charge >= 0.3 is 12.2 Å². The predicted molar refractivity (Wildman–Crippen MR) is 109 cm³/mol. The second kappa shape index (κ2) is 7.89. The number of carbonyl (C=O) groups is 1. The number of alkyl halides is 3. The molecule has 11 heteroatoms. The van der Waals surface area contributed by atoms with Gasteiger partial charge in [0.25, 0.3) is 0 Å². The standard InChI is InChI=1S/C20H13ClF3N5O2/c21-16-6-1-12(9-15(16)20(22,23)24)27-19(30)29(31)14-4-2-13(3-5-14)28-11-26-17-7-8-25-10-18(17)28/h1-11,31H,(H,27,30). The molecule has 0 fully saturated rings. The van der Waals surface area contributed by atoms with E-state index in [2.05, 4.69) is 15.3 Å². The maximum absolute atomic E-state index is 13.0. The lowest BCUT2D eigenvalue weighted by molar-refractivity contribution is -0.137. The number of halogens is 4. The van der Waals surface area contributed by atoms with Gasteiger partial charge in [0, 0.05) is 17.6 Å². The van der Waals surface area contributed by atoms with Crippen LogP contribution in [0.1, 0.15) is 5.56 Å². The number of rotatable bonds is 3. The number of benzene rings is 2. The van der Waals surface area contributed by atoms with Crippen molar-refractivity contribution in [3.63, 3.8) is 0 Å². The highest BCUT2D eigenvalue weighted by molar-refractivity contribution is 6.31. The van der Waals surface area contributed by atoms with Gasteiger partial charge in [0.15, 0.2) is 0 Å². The largest absolute Gasteiger partial charge is 0.417 e. The zero-order valence-corrected chi connectivity index (χ0v) is 16.3. The molecule has 2 amide bonds. The van der Waals surface area contributed by atoms with E-state index in [0.717, 1.165) is 17.1 Å². The summed E-state index contributed by atoms with van der Waals surface area (Å²) in [7, 11) is 0. The first-order valence-corrected chi connectivity index (χ1v) is 9.16. The molecule has 0 spiro atoms. The highest BCUT2D eigenvalue weighted by Crippen LogP contribution is 2.36. The van der Waals surface area contributed by atoms with Gasteiger partial charge in [-0.25, -0.2) is 9.78 Å². The Morgan fingerprint density at radius 1 is 1.13 bits per heavy atom. The summed E-state index contributed by atoms with van der Waals surface area (Å²) >= 11 is 5.57. The number of hydrogen-bond donors (Lipinski definition) is 2. The molecular formula is C20H13ClF3N5O2. The number of hydrogen-bond acceptors (Lipinski definition) is 4. The lowest BCUT2D eigenvalue weighted by atomic mass is 10.2. The van der Waals surface area contributed by atoms with E-state index in [1.807, 2.05) is 0 Å². The summed E-state index contributed by atoms with van der Waals surface area (Å²) in [5.41, 5.74) is 1.08. The maximum atomic E-state index is 13.0. The van der Waals surface area contributed by atoms with Crippen molar-refractivity contribution in [1.82, 2.24) is 14.5 Å². The minimum absolute atomic E-state index is 0.105. The van der Waals surface area contributed by atoms with Gasteiger partial charge in [-0.05, 0) is 48.5 Å². The van der Waals surface area contributed by atoms with E-state index in [-0.39, 0.29) is 11.4 Å². The third kappa shape index (κ3) is 4.16. The van der Waals surface area contributed by atoms with E-state index in [1.165, 1.54) is 18.2 Å². The Bertz CT molecular complexity index is 1260. The lowest BCUT2D eigenvalue weighted by Gasteiger charge is -2.17. The lowest BCUT2D eigenvalue weighted by Crippen LogP contribution is -2.31. The fourth-order valence-electron chi connectivity index (χ4n) is 2.93. The number of amides is 2. The van der Waals surface area contributed by atoms with Crippen LogP contribution in [0, 0.1) is 0 Å². The van der Waals surface area contributed by atoms with Gasteiger partial charge in [-0.3, -0.25) is 14.8 Å². The van der Waals surface area contributed by atoms with Crippen LogP contribution in [0.4, 0.5) is 29.3 Å². The number of nitrogens with one attached hydrogen (secondary N) is 1. The molecule has 2 N–H and O–H groups in total. The van der Waals surface area contributed by atoms with Crippen LogP contribution in [-0.4, -0.2) is 25.8 Å². The summed E-state index contributed by atoms with van der Waals surface area (Å²) in [6.07, 6.45) is 0.218. The van der Waals surface area contributed by atoms with Crippen LogP contribution in [0.2, 0.25) is 5.02 Å². The Balaban J connectivity index is 1.52. The Kier molecular flexibility index (Phi) is 5.25. The molecule has 0 bridgehead atoms. The summed E-state index contributed by atoms with van der Waals surface area (Å²) in [5.74, 6) is 0. The monoisotopic (exact) mass is 447 g/mol. The van der Waals surface area contributed by atoms with Crippen molar-refractivity contribution in [2.24, 2.45) is 0 Å². The summed E-state index contributed by atoms with van der Waals surface area (Å²) in [6, 6.07) is 9.86. The highest BCUT2D eigenvalue weighted by Gasteiger charge is 2.33. The molecule has 0 saturated carbocycles. The highest BCUT2D eigenvalue weighted by atomic mass is 35.5. The van der Waals surface area contributed by atoms with Gasteiger partial charge in [-0.15, -0.1) is 0 Å². The van der Waals surface area contributed by atoms with Crippen molar-refractivity contribution in [2.45, 2.75) is 6.18 Å². The number of pyridine rings is 1. The molecular weight excluding hydrogens is 435 g/mol. The maximum Gasteiger partial charge on any atom is 0.417 e. The van der Waals surface area contributed by atoms with Crippen LogP contribution in [0.5, 0.6) is 0 Å². The molecule has 4 rings (SSSR count). The third-order valence-electron chi connectivity index (χ3n) is 4.44. The fourth-order valence-corrected chi connectivity index (χ4v) is 3.15. The topological polar surface area (TPSA) is 83.3 Å². The first kappa shape index (κ1) is 20.6. The summed E-state index contributed by atoms with van der Waals surface area (Å²) < 4.78 is 40.7. The fraction of sp³-hybridized carbons (Fsp3) is 0.0500. The molecule has 7 nitrogen and oxygen atoms in total. The molecule has 0 atom stereocenters. The van der Waals surface area contributed by atoms with Crippen molar-refractivity contribution in [3.05, 3.63) is 77.8 Å². The van der Waals surface area contributed by atoms with Crippen LogP contribution in [0.3, 0.4) is 0 Å². The predicted octanol–water partition coefficient (Wildman–Crippen LogP) is 5.52. The SMILES string of the molecule is O=C(Nc1ccc(Cl)c(C(F)(F)F)c1)N(O)c1ccc(-n2cnc3ccncc32)cc1. The third-order valence-corrected chi connectivity index (χ3v) is 4.77. The molecule has 4 aromatic rings. The van der Waals surface area contributed by atoms with E-state index < -0.39 is 22.8 Å². The van der Waals surface area contributed by atoms with Gasteiger partial charge in [0.2, 0.25) is 0 Å². The van der Waals surface area contributed by atoms with Crippen molar-refractivity contribution < 1.29 is 23.2 Å². The summed E-state index contributed by atoms with van der Waals surface area (Å²) in [4.78, 5) is 20.6. The first-order chi connectivity index (χ1) is 14.7. The Labute approximate surface area is 178 Å². The van der Waals surface area contributed by atoms with Crippen molar-refractivity contribution in [3.8, 4) is 5.69 Å². The van der Waals surface area contributed by atoms with Gasteiger partial charge in [0.1, 0.15) is 6.33 Å². The molecule has 158 valence electrons. The van der Waals surface area contributed by atoms with Crippen molar-refractivity contribution in [2.75, 3.05) is 10.4 Å². The number of anilines is 2. The van der Waals surface area contributed by atoms with Crippen molar-refractivity contribution >= 4 is 40.0 Å². The second-order valence-corrected chi connectivity index (χ2v) is 6.84. The second-order valence-electron chi connectivity index (χ2n) is 6.43. The zero-order valence-electron chi connectivity index (χ0n) is 15.5. The number of urea groups is 1. The van der Waals surface area contributed by atoms with Crippen LogP contribution in [0.25, 0.3) is 16.7 Å². The van der Waals surface area contributed by atoms with Gasteiger partial charge < -0.3 is 5.32 Å². The van der Waals surface area contributed by atoms with E-state index >= 15 is 0 Å². The summed E-state index contributed by atoms with van der Waals surface area (Å²) in [6.45, 7) is 0. The molecule has 0 aliphatic carbocycles. The number of imidazole rings is 1. The Morgan fingerprint density at radius 2 is 1.87 bits per heavy atom. The molecule has 0 aliphatic heterocycles. The number of aromatic nitrogens is 3. The molecule has 0 aliphatic rings. The number of nitrogens with zero attached hydrogens (tertiary/aromatic N) is 4. The van der Waals surface area contributed by atoms with Gasteiger partial charge in [-0.1, -0.05) is 11.6 Å². The van der Waals surface area contributed by atoms with Crippen LogP contribution in [-0.2, 0) is 6.18 Å². The molecule has 0 unspecified atom stereocenters. The van der Waals surface area contributed by atoms with E-state index in [1.54, 1.807) is 41.5 Å². The summed E-state index contributed by atoms with van der Waals surface area (Å²) in [5, 5.41) is 12.2. The minimum Gasteiger partial charge on any atom is -0.306 e. The van der Waals surface area contributed by atoms with Crippen LogP contribution >= 0.6 is 11.6 Å². The number of fused-ring (bicyclic) bond motifs is 1. The number of hydroxylamine groups is 1. The quantitative estimate of drug-likeness (QED) is 0.320. The average molecular weight is 448 g/mol. The molecule has 2 aromatic carbocycles. The molecule has 2 heterocycles. The van der Waals surface area contributed by atoms with Crippen LogP contribution < -0.4 is 10.4 Å². The number of carbonyl (C=O) groups excluding carboxylic acids is 1. The van der Waals surface area contributed by atoms with Crippen molar-refractivity contribution in [1.29, 1.82) is 0 Å². The minimum atomic E-state index is -4.68. The molecule has 0 saturated heterocycles. The zero-order chi connectivity index (χ0) is 22.2.